The Balaban J connectivity index is 2.48. The van der Waals surface area contributed by atoms with Gasteiger partial charge in [-0.1, -0.05) is 12.1 Å². The number of hydrogen-bond acceptors (Lipinski definition) is 2. The zero-order valence-electron chi connectivity index (χ0n) is 13.4. The van der Waals surface area contributed by atoms with Gasteiger partial charge >= 0.3 is 0 Å². The molecule has 0 heterocycles. The van der Waals surface area contributed by atoms with Crippen molar-refractivity contribution in [2.75, 3.05) is 5.32 Å². The summed E-state index contributed by atoms with van der Waals surface area (Å²) in [5.74, 6) is 0. The van der Waals surface area contributed by atoms with E-state index in [1.54, 1.807) is 0 Å². The summed E-state index contributed by atoms with van der Waals surface area (Å²) >= 11 is 5.26. The van der Waals surface area contributed by atoms with Gasteiger partial charge in [-0.25, -0.2) is 0 Å². The van der Waals surface area contributed by atoms with Crippen LogP contribution in [-0.2, 0) is 6.54 Å². The first kappa shape index (κ1) is 16.8. The van der Waals surface area contributed by atoms with Crippen molar-refractivity contribution < 1.29 is 0 Å². The van der Waals surface area contributed by atoms with Gasteiger partial charge in [0, 0.05) is 23.3 Å². The van der Waals surface area contributed by atoms with Crippen LogP contribution in [0.5, 0.6) is 0 Å². The fraction of sp³-hybridized carbons (Fsp3) is 0.562. The van der Waals surface area contributed by atoms with Crippen molar-refractivity contribution in [2.24, 2.45) is 0 Å². The van der Waals surface area contributed by atoms with Gasteiger partial charge < -0.3 is 16.0 Å². The summed E-state index contributed by atoms with van der Waals surface area (Å²) in [6, 6.07) is 8.42. The highest BCUT2D eigenvalue weighted by atomic mass is 32.1. The molecule has 0 unspecified atom stereocenters. The van der Waals surface area contributed by atoms with Gasteiger partial charge in [-0.3, -0.25) is 0 Å². The first-order chi connectivity index (χ1) is 9.05. The lowest BCUT2D eigenvalue weighted by molar-refractivity contribution is 0.506. The summed E-state index contributed by atoms with van der Waals surface area (Å²) in [4.78, 5) is 0. The zero-order valence-corrected chi connectivity index (χ0v) is 14.2. The minimum Gasteiger partial charge on any atom is -0.380 e. The zero-order chi connectivity index (χ0) is 15.4. The van der Waals surface area contributed by atoms with Gasteiger partial charge in [0.1, 0.15) is 0 Å². The number of benzene rings is 1. The smallest absolute Gasteiger partial charge is 0.166 e. The van der Waals surface area contributed by atoms with Crippen molar-refractivity contribution >= 4 is 23.0 Å². The summed E-state index contributed by atoms with van der Waals surface area (Å²) in [6.45, 7) is 13.5. The molecule has 0 bridgehead atoms. The number of thiocarbonyl (C=S) groups is 1. The third-order valence-corrected chi connectivity index (χ3v) is 2.66. The van der Waals surface area contributed by atoms with Crippen molar-refractivity contribution in [1.29, 1.82) is 0 Å². The highest BCUT2D eigenvalue weighted by Gasteiger charge is 2.11. The molecule has 0 amide bonds. The summed E-state index contributed by atoms with van der Waals surface area (Å²) in [5.41, 5.74) is 2.42. The van der Waals surface area contributed by atoms with Crippen LogP contribution >= 0.6 is 12.2 Å². The average molecular weight is 293 g/mol. The molecule has 0 aliphatic heterocycles. The van der Waals surface area contributed by atoms with Crippen LogP contribution in [0.4, 0.5) is 5.69 Å². The van der Waals surface area contributed by atoms with E-state index in [2.05, 4.69) is 81.8 Å². The first-order valence-corrected chi connectivity index (χ1v) is 7.39. The van der Waals surface area contributed by atoms with Gasteiger partial charge in [-0.15, -0.1) is 0 Å². The molecule has 0 spiro atoms. The van der Waals surface area contributed by atoms with Crippen LogP contribution in [0, 0.1) is 0 Å². The van der Waals surface area contributed by atoms with Gasteiger partial charge in [0.2, 0.25) is 0 Å². The lowest BCUT2D eigenvalue weighted by Gasteiger charge is -2.23. The minimum absolute atomic E-state index is 0.00936. The second kappa shape index (κ2) is 6.44. The Hall–Kier alpha value is -1.29. The Kier molecular flexibility index (Phi) is 5.40. The second-order valence-electron chi connectivity index (χ2n) is 7.13. The van der Waals surface area contributed by atoms with E-state index in [0.717, 1.165) is 12.2 Å². The van der Waals surface area contributed by atoms with Crippen LogP contribution in [0.25, 0.3) is 0 Å². The lowest BCUT2D eigenvalue weighted by Crippen LogP contribution is -2.45. The van der Waals surface area contributed by atoms with Crippen LogP contribution in [-0.4, -0.2) is 16.2 Å². The molecule has 112 valence electrons. The van der Waals surface area contributed by atoms with Gasteiger partial charge in [0.25, 0.3) is 0 Å². The SMILES string of the molecule is CC(C)(C)NC(=S)NCc1ccc(NC(C)(C)C)cc1. The van der Waals surface area contributed by atoms with Gasteiger partial charge in [0.15, 0.2) is 5.11 Å². The predicted molar refractivity (Wildman–Crippen MR) is 92.1 cm³/mol. The second-order valence-corrected chi connectivity index (χ2v) is 7.54. The standard InChI is InChI=1S/C16H27N3S/c1-15(2,3)18-13-9-7-12(8-10-13)11-17-14(20)19-16(4,5)6/h7-10,18H,11H2,1-6H3,(H2,17,19,20). The molecule has 4 heteroatoms. The van der Waals surface area contributed by atoms with Crippen molar-refractivity contribution in [3.8, 4) is 0 Å². The average Bonchev–Trinajstić information content (AvgIpc) is 2.23. The Morgan fingerprint density at radius 3 is 1.95 bits per heavy atom. The molecular formula is C16H27N3S. The van der Waals surface area contributed by atoms with E-state index in [9.17, 15) is 0 Å². The molecule has 0 fully saturated rings. The summed E-state index contributed by atoms with van der Waals surface area (Å²) in [6.07, 6.45) is 0. The maximum absolute atomic E-state index is 5.26. The van der Waals surface area contributed by atoms with Crippen LogP contribution in [0.1, 0.15) is 47.1 Å². The molecule has 0 radical (unpaired) electrons. The molecule has 1 rings (SSSR count). The summed E-state index contributed by atoms with van der Waals surface area (Å²) in [5, 5.41) is 10.6. The molecule has 0 aromatic heterocycles. The third kappa shape index (κ3) is 7.34. The molecular weight excluding hydrogens is 266 g/mol. The summed E-state index contributed by atoms with van der Waals surface area (Å²) in [7, 11) is 0. The van der Waals surface area contributed by atoms with Crippen LogP contribution < -0.4 is 16.0 Å². The van der Waals surface area contributed by atoms with Crippen molar-refractivity contribution in [1.82, 2.24) is 10.6 Å². The number of hydrogen-bond donors (Lipinski definition) is 3. The van der Waals surface area contributed by atoms with Gasteiger partial charge in [-0.2, -0.15) is 0 Å². The van der Waals surface area contributed by atoms with Crippen LogP contribution in [0.2, 0.25) is 0 Å². The molecule has 1 aromatic rings. The molecule has 0 saturated carbocycles. The largest absolute Gasteiger partial charge is 0.380 e. The van der Waals surface area contributed by atoms with E-state index in [1.165, 1.54) is 5.56 Å². The first-order valence-electron chi connectivity index (χ1n) is 6.98. The monoisotopic (exact) mass is 293 g/mol. The van der Waals surface area contributed by atoms with E-state index in [0.29, 0.717) is 5.11 Å². The highest BCUT2D eigenvalue weighted by Crippen LogP contribution is 2.15. The predicted octanol–water partition coefficient (Wildman–Crippen LogP) is 3.66. The van der Waals surface area contributed by atoms with Crippen LogP contribution in [0.15, 0.2) is 24.3 Å². The van der Waals surface area contributed by atoms with Crippen molar-refractivity contribution in [2.45, 2.75) is 59.2 Å². The maximum atomic E-state index is 5.26. The Morgan fingerprint density at radius 1 is 0.950 bits per heavy atom. The number of rotatable bonds is 3. The lowest BCUT2D eigenvalue weighted by atomic mass is 10.1. The normalized spacial score (nSPS) is 11.9. The Labute approximate surface area is 128 Å². The molecule has 3 nitrogen and oxygen atoms in total. The van der Waals surface area contributed by atoms with E-state index in [-0.39, 0.29) is 11.1 Å². The quantitative estimate of drug-likeness (QED) is 0.743. The third-order valence-electron chi connectivity index (χ3n) is 2.41. The van der Waals surface area contributed by atoms with Crippen molar-refractivity contribution in [3.05, 3.63) is 29.8 Å². The van der Waals surface area contributed by atoms with E-state index in [1.807, 2.05) is 0 Å². The molecule has 1 aromatic carbocycles. The molecule has 0 atom stereocenters. The Morgan fingerprint density at radius 2 is 1.50 bits per heavy atom. The summed E-state index contributed by atoms with van der Waals surface area (Å²) < 4.78 is 0. The number of nitrogens with one attached hydrogen (secondary N) is 3. The number of anilines is 1. The van der Waals surface area contributed by atoms with E-state index < -0.39 is 0 Å². The molecule has 3 N–H and O–H groups in total. The molecule has 20 heavy (non-hydrogen) atoms. The topological polar surface area (TPSA) is 36.1 Å². The fourth-order valence-electron chi connectivity index (χ4n) is 1.71. The molecule has 0 saturated heterocycles. The van der Waals surface area contributed by atoms with Crippen molar-refractivity contribution in [3.63, 3.8) is 0 Å². The van der Waals surface area contributed by atoms with E-state index >= 15 is 0 Å². The highest BCUT2D eigenvalue weighted by molar-refractivity contribution is 7.80. The van der Waals surface area contributed by atoms with Crippen LogP contribution in [0.3, 0.4) is 0 Å². The minimum atomic E-state index is -0.00936. The van der Waals surface area contributed by atoms with E-state index in [4.69, 9.17) is 12.2 Å². The van der Waals surface area contributed by atoms with Gasteiger partial charge in [-0.05, 0) is 71.5 Å². The maximum Gasteiger partial charge on any atom is 0.166 e. The molecule has 0 aliphatic rings. The fourth-order valence-corrected chi connectivity index (χ4v) is 2.08. The Bertz CT molecular complexity index is 438. The van der Waals surface area contributed by atoms with Gasteiger partial charge in [0.05, 0.1) is 0 Å². The molecule has 0 aliphatic carbocycles.